The molecule has 2 nitrogen and oxygen atoms in total. The Morgan fingerprint density at radius 1 is 1.43 bits per heavy atom. The molecule has 3 rings (SSSR count). The van der Waals surface area contributed by atoms with Gasteiger partial charge >= 0.3 is 0 Å². The lowest BCUT2D eigenvalue weighted by atomic mass is 10.3. The Morgan fingerprint density at radius 3 is 2.93 bits per heavy atom. The van der Waals surface area contributed by atoms with E-state index in [1.807, 2.05) is 18.2 Å². The zero-order chi connectivity index (χ0) is 9.71. The highest BCUT2D eigenvalue weighted by molar-refractivity contribution is 9.10. The van der Waals surface area contributed by atoms with Crippen molar-refractivity contribution in [2.24, 2.45) is 0 Å². The van der Waals surface area contributed by atoms with E-state index in [-0.39, 0.29) is 0 Å². The molecule has 0 saturated heterocycles. The molecule has 0 radical (unpaired) electrons. The number of rotatable bonds is 1. The number of para-hydroxylation sites is 1. The molecule has 1 fully saturated rings. The Labute approximate surface area is 95.0 Å². The van der Waals surface area contributed by atoms with Gasteiger partial charge in [0.2, 0.25) is 0 Å². The molecule has 0 unspecified atom stereocenters. The van der Waals surface area contributed by atoms with E-state index in [1.165, 1.54) is 12.8 Å². The lowest BCUT2D eigenvalue weighted by molar-refractivity contribution is 0.745. The summed E-state index contributed by atoms with van der Waals surface area (Å²) >= 11 is 9.64. The van der Waals surface area contributed by atoms with Crippen LogP contribution in [0.1, 0.15) is 18.9 Å². The third kappa shape index (κ3) is 1.19. The number of halogens is 2. The normalized spacial score (nSPS) is 16.4. The minimum absolute atomic E-state index is 0.592. The van der Waals surface area contributed by atoms with E-state index < -0.39 is 0 Å². The highest BCUT2D eigenvalue weighted by atomic mass is 79.9. The van der Waals surface area contributed by atoms with Crippen LogP contribution in [0.15, 0.2) is 22.9 Å². The molecule has 14 heavy (non-hydrogen) atoms. The largest absolute Gasteiger partial charge is 0.314 e. The standard InChI is InChI=1S/C10H8BrClN2/c11-10-13-8-3-1-2-7(12)9(8)14(10)6-4-5-6/h1-3,6H,4-5H2. The quantitative estimate of drug-likeness (QED) is 0.771. The predicted molar refractivity (Wildman–Crippen MR) is 60.7 cm³/mol. The summed E-state index contributed by atoms with van der Waals surface area (Å²) in [6.07, 6.45) is 2.46. The highest BCUT2D eigenvalue weighted by Gasteiger charge is 2.28. The van der Waals surface area contributed by atoms with E-state index in [0.29, 0.717) is 6.04 Å². The van der Waals surface area contributed by atoms with Crippen LogP contribution in [-0.2, 0) is 0 Å². The molecular weight excluding hydrogens is 263 g/mol. The molecule has 0 amide bonds. The smallest absolute Gasteiger partial charge is 0.178 e. The van der Waals surface area contributed by atoms with Gasteiger partial charge in [0.1, 0.15) is 0 Å². The summed E-state index contributed by atoms with van der Waals surface area (Å²) < 4.78 is 3.08. The van der Waals surface area contributed by atoms with Crippen molar-refractivity contribution in [1.82, 2.24) is 9.55 Å². The van der Waals surface area contributed by atoms with E-state index in [9.17, 15) is 0 Å². The molecule has 0 spiro atoms. The number of hydrogen-bond acceptors (Lipinski definition) is 1. The molecule has 0 aliphatic heterocycles. The lowest BCUT2D eigenvalue weighted by Gasteiger charge is -2.03. The first-order valence-electron chi connectivity index (χ1n) is 4.59. The molecule has 1 heterocycles. The third-order valence-electron chi connectivity index (χ3n) is 2.53. The van der Waals surface area contributed by atoms with Crippen LogP contribution < -0.4 is 0 Å². The second-order valence-electron chi connectivity index (χ2n) is 3.59. The van der Waals surface area contributed by atoms with Crippen LogP contribution in [0.4, 0.5) is 0 Å². The van der Waals surface area contributed by atoms with Gasteiger partial charge in [-0.25, -0.2) is 4.98 Å². The van der Waals surface area contributed by atoms with Gasteiger partial charge in [-0.15, -0.1) is 0 Å². The number of aromatic nitrogens is 2. The molecule has 1 saturated carbocycles. The first kappa shape index (κ1) is 8.74. The summed E-state index contributed by atoms with van der Waals surface area (Å²) in [5.74, 6) is 0. The van der Waals surface area contributed by atoms with Crippen molar-refractivity contribution in [3.8, 4) is 0 Å². The van der Waals surface area contributed by atoms with Crippen LogP contribution in [0, 0.1) is 0 Å². The Hall–Kier alpha value is -0.540. The summed E-state index contributed by atoms with van der Waals surface area (Å²) in [7, 11) is 0. The first-order valence-corrected chi connectivity index (χ1v) is 5.76. The van der Waals surface area contributed by atoms with Crippen LogP contribution in [0.5, 0.6) is 0 Å². The Morgan fingerprint density at radius 2 is 2.21 bits per heavy atom. The summed E-state index contributed by atoms with van der Waals surface area (Å²) in [5.41, 5.74) is 2.03. The van der Waals surface area contributed by atoms with Crippen molar-refractivity contribution in [2.75, 3.05) is 0 Å². The Kier molecular flexibility index (Phi) is 1.86. The predicted octanol–water partition coefficient (Wildman–Crippen LogP) is 3.79. The molecule has 0 atom stereocenters. The van der Waals surface area contributed by atoms with Crippen molar-refractivity contribution >= 4 is 38.6 Å². The molecule has 1 aromatic carbocycles. The van der Waals surface area contributed by atoms with Gasteiger partial charge in [0.15, 0.2) is 4.73 Å². The van der Waals surface area contributed by atoms with Gasteiger partial charge < -0.3 is 4.57 Å². The maximum Gasteiger partial charge on any atom is 0.178 e. The molecule has 0 N–H and O–H groups in total. The summed E-state index contributed by atoms with van der Waals surface area (Å²) in [6.45, 7) is 0. The molecule has 1 aliphatic rings. The summed E-state index contributed by atoms with van der Waals surface area (Å²) in [5, 5.41) is 0.785. The van der Waals surface area contributed by atoms with Gasteiger partial charge in [-0.1, -0.05) is 17.7 Å². The van der Waals surface area contributed by atoms with Gasteiger partial charge in [-0.3, -0.25) is 0 Å². The lowest BCUT2D eigenvalue weighted by Crippen LogP contribution is -1.93. The number of fused-ring (bicyclic) bond motifs is 1. The van der Waals surface area contributed by atoms with E-state index >= 15 is 0 Å². The number of hydrogen-bond donors (Lipinski definition) is 0. The van der Waals surface area contributed by atoms with E-state index in [4.69, 9.17) is 11.6 Å². The zero-order valence-corrected chi connectivity index (χ0v) is 9.72. The van der Waals surface area contributed by atoms with Gasteiger partial charge in [0, 0.05) is 6.04 Å². The molecule has 0 bridgehead atoms. The minimum atomic E-state index is 0.592. The highest BCUT2D eigenvalue weighted by Crippen LogP contribution is 2.41. The van der Waals surface area contributed by atoms with Crippen LogP contribution >= 0.6 is 27.5 Å². The van der Waals surface area contributed by atoms with Gasteiger partial charge in [-0.05, 0) is 40.9 Å². The maximum absolute atomic E-state index is 6.17. The van der Waals surface area contributed by atoms with E-state index in [0.717, 1.165) is 20.8 Å². The summed E-state index contributed by atoms with van der Waals surface area (Å²) in [6, 6.07) is 6.43. The zero-order valence-electron chi connectivity index (χ0n) is 7.37. The van der Waals surface area contributed by atoms with Crippen LogP contribution in [0.3, 0.4) is 0 Å². The van der Waals surface area contributed by atoms with E-state index in [2.05, 4.69) is 25.5 Å². The van der Waals surface area contributed by atoms with Gasteiger partial charge in [0.25, 0.3) is 0 Å². The topological polar surface area (TPSA) is 17.8 Å². The second kappa shape index (κ2) is 2.97. The number of nitrogens with zero attached hydrogens (tertiary/aromatic N) is 2. The molecule has 2 aromatic rings. The fraction of sp³-hybridized carbons (Fsp3) is 0.300. The van der Waals surface area contributed by atoms with Crippen molar-refractivity contribution in [3.05, 3.63) is 28.0 Å². The van der Waals surface area contributed by atoms with Crippen LogP contribution in [0.2, 0.25) is 5.02 Å². The maximum atomic E-state index is 6.17. The molecular formula is C10H8BrClN2. The van der Waals surface area contributed by atoms with Gasteiger partial charge in [0.05, 0.1) is 16.1 Å². The average Bonchev–Trinajstić information content (AvgIpc) is 2.90. The molecule has 1 aromatic heterocycles. The average molecular weight is 272 g/mol. The number of imidazole rings is 1. The van der Waals surface area contributed by atoms with Crippen molar-refractivity contribution in [3.63, 3.8) is 0 Å². The molecule has 1 aliphatic carbocycles. The fourth-order valence-electron chi connectivity index (χ4n) is 1.74. The second-order valence-corrected chi connectivity index (χ2v) is 4.71. The van der Waals surface area contributed by atoms with E-state index in [1.54, 1.807) is 0 Å². The van der Waals surface area contributed by atoms with Crippen molar-refractivity contribution in [1.29, 1.82) is 0 Å². The van der Waals surface area contributed by atoms with Crippen molar-refractivity contribution in [2.45, 2.75) is 18.9 Å². The monoisotopic (exact) mass is 270 g/mol. The molecule has 72 valence electrons. The van der Waals surface area contributed by atoms with Gasteiger partial charge in [-0.2, -0.15) is 0 Å². The SMILES string of the molecule is Clc1cccc2nc(Br)n(C3CC3)c12. The first-order chi connectivity index (χ1) is 6.77. The summed E-state index contributed by atoms with van der Waals surface area (Å²) in [4.78, 5) is 4.43. The Balaban J connectivity index is 2.39. The van der Waals surface area contributed by atoms with Crippen molar-refractivity contribution < 1.29 is 0 Å². The van der Waals surface area contributed by atoms with Crippen LogP contribution in [-0.4, -0.2) is 9.55 Å². The van der Waals surface area contributed by atoms with Crippen LogP contribution in [0.25, 0.3) is 11.0 Å². The fourth-order valence-corrected chi connectivity index (χ4v) is 2.66. The molecule has 4 heteroatoms. The minimum Gasteiger partial charge on any atom is -0.314 e. The third-order valence-corrected chi connectivity index (χ3v) is 3.39. The number of benzene rings is 1. The Bertz CT molecular complexity index is 502.